The molecule has 0 saturated heterocycles. The van der Waals surface area contributed by atoms with Gasteiger partial charge in [0.25, 0.3) is 5.91 Å². The summed E-state index contributed by atoms with van der Waals surface area (Å²) in [6, 6.07) is 8.65. The third kappa shape index (κ3) is 4.48. The molecule has 6 heteroatoms. The highest BCUT2D eigenvalue weighted by atomic mass is 16.5. The van der Waals surface area contributed by atoms with Gasteiger partial charge in [-0.2, -0.15) is 5.26 Å². The number of benzene rings is 1. The molecule has 0 unspecified atom stereocenters. The van der Waals surface area contributed by atoms with Crippen molar-refractivity contribution in [1.82, 2.24) is 10.9 Å². The number of hydrazine groups is 1. The number of para-hydroxylation sites is 1. The fourth-order valence-corrected chi connectivity index (χ4v) is 2.46. The van der Waals surface area contributed by atoms with Gasteiger partial charge in [-0.05, 0) is 25.0 Å². The average molecular weight is 301 g/mol. The number of nitriles is 1. The van der Waals surface area contributed by atoms with Gasteiger partial charge in [-0.25, -0.2) is 0 Å². The van der Waals surface area contributed by atoms with Crippen LogP contribution in [0.1, 0.15) is 37.7 Å². The minimum absolute atomic E-state index is 0.0192. The molecule has 2 N–H and O–H groups in total. The lowest BCUT2D eigenvalue weighted by atomic mass is 9.89. The van der Waals surface area contributed by atoms with E-state index in [9.17, 15) is 9.59 Å². The first-order valence-corrected chi connectivity index (χ1v) is 7.41. The van der Waals surface area contributed by atoms with Gasteiger partial charge in [0.05, 0.1) is 5.56 Å². The van der Waals surface area contributed by atoms with Crippen LogP contribution in [0.4, 0.5) is 0 Å². The minimum atomic E-state index is -0.461. The first kappa shape index (κ1) is 15.8. The van der Waals surface area contributed by atoms with Crippen molar-refractivity contribution in [1.29, 1.82) is 5.26 Å². The quantitative estimate of drug-likeness (QED) is 0.827. The summed E-state index contributed by atoms with van der Waals surface area (Å²) >= 11 is 0. The zero-order chi connectivity index (χ0) is 15.8. The summed E-state index contributed by atoms with van der Waals surface area (Å²) < 4.78 is 5.28. The number of ether oxygens (including phenoxy) is 1. The Kier molecular flexibility index (Phi) is 5.78. The van der Waals surface area contributed by atoms with E-state index in [1.54, 1.807) is 24.3 Å². The first-order chi connectivity index (χ1) is 10.7. The van der Waals surface area contributed by atoms with Crippen LogP contribution < -0.4 is 15.6 Å². The molecule has 0 atom stereocenters. The maximum Gasteiger partial charge on any atom is 0.276 e. The van der Waals surface area contributed by atoms with Crippen LogP contribution in [0, 0.1) is 17.2 Å². The van der Waals surface area contributed by atoms with Gasteiger partial charge in [0.15, 0.2) is 6.61 Å². The number of nitrogens with zero attached hydrogens (tertiary/aromatic N) is 1. The molecule has 2 amide bonds. The molecule has 1 aliphatic rings. The smallest absolute Gasteiger partial charge is 0.276 e. The van der Waals surface area contributed by atoms with Crippen LogP contribution in [0.25, 0.3) is 0 Å². The van der Waals surface area contributed by atoms with Gasteiger partial charge >= 0.3 is 0 Å². The lowest BCUT2D eigenvalue weighted by Gasteiger charge is -2.20. The second-order valence-corrected chi connectivity index (χ2v) is 5.27. The number of nitrogens with one attached hydrogen (secondary N) is 2. The predicted molar refractivity (Wildman–Crippen MR) is 79.5 cm³/mol. The summed E-state index contributed by atoms with van der Waals surface area (Å²) in [4.78, 5) is 23.5. The highest BCUT2D eigenvalue weighted by Gasteiger charge is 2.21. The van der Waals surface area contributed by atoms with Crippen molar-refractivity contribution in [2.45, 2.75) is 32.1 Å². The third-order valence-corrected chi connectivity index (χ3v) is 3.67. The summed E-state index contributed by atoms with van der Waals surface area (Å²) in [7, 11) is 0. The van der Waals surface area contributed by atoms with Crippen LogP contribution in [0.2, 0.25) is 0 Å². The van der Waals surface area contributed by atoms with E-state index in [-0.39, 0.29) is 18.4 Å². The van der Waals surface area contributed by atoms with Crippen LogP contribution in [-0.2, 0) is 9.59 Å². The monoisotopic (exact) mass is 301 g/mol. The normalized spacial score (nSPS) is 14.7. The van der Waals surface area contributed by atoms with Crippen LogP contribution >= 0.6 is 0 Å². The summed E-state index contributed by atoms with van der Waals surface area (Å²) in [5.74, 6) is -0.282. The van der Waals surface area contributed by atoms with E-state index < -0.39 is 5.91 Å². The van der Waals surface area contributed by atoms with Crippen molar-refractivity contribution in [2.75, 3.05) is 6.61 Å². The van der Waals surface area contributed by atoms with Gasteiger partial charge in [0.2, 0.25) is 5.91 Å². The third-order valence-electron chi connectivity index (χ3n) is 3.67. The molecule has 0 heterocycles. The number of carbonyl (C=O) groups is 2. The van der Waals surface area contributed by atoms with E-state index >= 15 is 0 Å². The zero-order valence-electron chi connectivity index (χ0n) is 12.3. The predicted octanol–water partition coefficient (Wildman–Crippen LogP) is 1.66. The lowest BCUT2D eigenvalue weighted by molar-refractivity contribution is -0.132. The highest BCUT2D eigenvalue weighted by molar-refractivity contribution is 5.84. The summed E-state index contributed by atoms with van der Waals surface area (Å²) in [6.07, 6.45) is 5.02. The number of carbonyl (C=O) groups excluding carboxylic acids is 2. The maximum atomic E-state index is 11.9. The van der Waals surface area contributed by atoms with Crippen molar-refractivity contribution < 1.29 is 14.3 Å². The Morgan fingerprint density at radius 2 is 1.91 bits per heavy atom. The lowest BCUT2D eigenvalue weighted by Crippen LogP contribution is -2.46. The van der Waals surface area contributed by atoms with Gasteiger partial charge < -0.3 is 4.74 Å². The highest BCUT2D eigenvalue weighted by Crippen LogP contribution is 2.23. The molecule has 1 aromatic carbocycles. The zero-order valence-corrected chi connectivity index (χ0v) is 12.3. The molecular weight excluding hydrogens is 282 g/mol. The molecule has 1 fully saturated rings. The molecule has 116 valence electrons. The Balaban J connectivity index is 1.74. The molecule has 0 bridgehead atoms. The Hall–Kier alpha value is -2.55. The molecule has 1 aliphatic carbocycles. The molecule has 6 nitrogen and oxygen atoms in total. The van der Waals surface area contributed by atoms with Crippen molar-refractivity contribution in [2.24, 2.45) is 5.92 Å². The van der Waals surface area contributed by atoms with Crippen molar-refractivity contribution >= 4 is 11.8 Å². The molecule has 22 heavy (non-hydrogen) atoms. The van der Waals surface area contributed by atoms with E-state index in [1.807, 2.05) is 6.07 Å². The maximum absolute atomic E-state index is 11.9. The first-order valence-electron chi connectivity index (χ1n) is 7.41. The largest absolute Gasteiger partial charge is 0.482 e. The number of hydrogen-bond acceptors (Lipinski definition) is 4. The average Bonchev–Trinajstić information content (AvgIpc) is 2.58. The Bertz CT molecular complexity index is 574. The van der Waals surface area contributed by atoms with Gasteiger partial charge in [0, 0.05) is 5.92 Å². The van der Waals surface area contributed by atoms with Crippen LogP contribution in [0.5, 0.6) is 5.75 Å². The molecule has 0 aliphatic heterocycles. The fraction of sp³-hybridized carbons (Fsp3) is 0.438. The molecule has 1 saturated carbocycles. The van der Waals surface area contributed by atoms with Crippen LogP contribution in [0.15, 0.2) is 24.3 Å². The molecule has 0 aromatic heterocycles. The van der Waals surface area contributed by atoms with Crippen molar-refractivity contribution in [3.63, 3.8) is 0 Å². The van der Waals surface area contributed by atoms with E-state index in [0.29, 0.717) is 11.3 Å². The molecular formula is C16H19N3O3. The summed E-state index contributed by atoms with van der Waals surface area (Å²) in [6.45, 7) is -0.260. The minimum Gasteiger partial charge on any atom is -0.482 e. The Morgan fingerprint density at radius 1 is 1.18 bits per heavy atom. The van der Waals surface area contributed by atoms with Gasteiger partial charge in [0.1, 0.15) is 11.8 Å². The molecule has 0 radical (unpaired) electrons. The Labute approximate surface area is 129 Å². The molecule has 2 rings (SSSR count). The standard InChI is InChI=1S/C16H19N3O3/c17-10-13-8-4-5-9-14(13)22-11-15(20)18-19-16(21)12-6-2-1-3-7-12/h4-5,8-9,12H,1-3,6-7,11H2,(H,18,20)(H,19,21). The summed E-state index contributed by atoms with van der Waals surface area (Å²) in [5, 5.41) is 8.92. The van der Waals surface area contributed by atoms with E-state index in [4.69, 9.17) is 10.00 Å². The Morgan fingerprint density at radius 3 is 2.64 bits per heavy atom. The van der Waals surface area contributed by atoms with Crippen LogP contribution in [0.3, 0.4) is 0 Å². The van der Waals surface area contributed by atoms with Gasteiger partial charge in [-0.3, -0.25) is 20.4 Å². The fourth-order valence-electron chi connectivity index (χ4n) is 2.46. The van der Waals surface area contributed by atoms with Crippen molar-refractivity contribution in [3.05, 3.63) is 29.8 Å². The molecule has 0 spiro atoms. The number of hydrogen-bond donors (Lipinski definition) is 2. The summed E-state index contributed by atoms with van der Waals surface area (Å²) in [5.41, 5.74) is 5.14. The van der Waals surface area contributed by atoms with Crippen molar-refractivity contribution in [3.8, 4) is 11.8 Å². The second kappa shape index (κ2) is 8.03. The van der Waals surface area contributed by atoms with E-state index in [0.717, 1.165) is 25.7 Å². The van der Waals surface area contributed by atoms with Gasteiger partial charge in [-0.1, -0.05) is 31.4 Å². The second-order valence-electron chi connectivity index (χ2n) is 5.27. The van der Waals surface area contributed by atoms with E-state index in [1.165, 1.54) is 6.42 Å². The molecule has 1 aromatic rings. The van der Waals surface area contributed by atoms with Gasteiger partial charge in [-0.15, -0.1) is 0 Å². The number of amides is 2. The van der Waals surface area contributed by atoms with E-state index in [2.05, 4.69) is 10.9 Å². The number of rotatable bonds is 4. The van der Waals surface area contributed by atoms with Crippen LogP contribution in [-0.4, -0.2) is 18.4 Å². The SMILES string of the molecule is N#Cc1ccccc1OCC(=O)NNC(=O)C1CCCCC1. The topological polar surface area (TPSA) is 91.2 Å².